The Morgan fingerprint density at radius 1 is 1.38 bits per heavy atom. The number of aliphatic hydroxyl groups is 1. The molecule has 0 aliphatic carbocycles. The summed E-state index contributed by atoms with van der Waals surface area (Å²) < 4.78 is 30.6. The van der Waals surface area contributed by atoms with Crippen molar-refractivity contribution < 1.29 is 18.3 Å². The van der Waals surface area contributed by atoms with E-state index >= 15 is 0 Å². The Bertz CT molecular complexity index is 416. The summed E-state index contributed by atoms with van der Waals surface area (Å²) in [6, 6.07) is 0. The van der Waals surface area contributed by atoms with Crippen molar-refractivity contribution in [1.29, 1.82) is 0 Å². The highest BCUT2D eigenvalue weighted by Crippen LogP contribution is 2.30. The van der Waals surface area contributed by atoms with Gasteiger partial charge in [-0.3, -0.25) is 0 Å². The smallest absolute Gasteiger partial charge is 0.211 e. The van der Waals surface area contributed by atoms with Crippen molar-refractivity contribution in [2.75, 3.05) is 26.0 Å². The first-order valence-electron chi connectivity index (χ1n) is 7.80. The highest BCUT2D eigenvalue weighted by Gasteiger charge is 2.35. The molecule has 0 aromatic heterocycles. The molecule has 0 aromatic carbocycles. The number of rotatable bonds is 6. The van der Waals surface area contributed by atoms with Crippen molar-refractivity contribution >= 4 is 10.0 Å². The molecule has 1 saturated heterocycles. The van der Waals surface area contributed by atoms with Crippen LogP contribution in [0.25, 0.3) is 0 Å². The van der Waals surface area contributed by atoms with Gasteiger partial charge in [0.25, 0.3) is 0 Å². The maximum absolute atomic E-state index is 11.7. The van der Waals surface area contributed by atoms with Crippen LogP contribution in [0, 0.1) is 11.3 Å². The Morgan fingerprint density at radius 2 is 2.00 bits per heavy atom. The summed E-state index contributed by atoms with van der Waals surface area (Å²) in [6.07, 6.45) is 2.88. The fourth-order valence-corrected chi connectivity index (χ4v) is 4.05. The molecule has 1 heterocycles. The van der Waals surface area contributed by atoms with E-state index < -0.39 is 16.1 Å². The first-order chi connectivity index (χ1) is 9.55. The third-order valence-electron chi connectivity index (χ3n) is 4.07. The molecule has 1 N–H and O–H groups in total. The minimum Gasteiger partial charge on any atom is -0.390 e. The number of sulfonamides is 1. The first-order valence-corrected chi connectivity index (χ1v) is 9.65. The zero-order valence-electron chi connectivity index (χ0n) is 14.0. The molecule has 0 aromatic rings. The largest absolute Gasteiger partial charge is 0.390 e. The van der Waals surface area contributed by atoms with Crippen molar-refractivity contribution in [3.05, 3.63) is 0 Å². The van der Waals surface area contributed by atoms with Crippen LogP contribution in [0.15, 0.2) is 0 Å². The number of hydrogen-bond acceptors (Lipinski definition) is 4. The van der Waals surface area contributed by atoms with Gasteiger partial charge in [0.15, 0.2) is 0 Å². The van der Waals surface area contributed by atoms with Crippen LogP contribution in [-0.2, 0) is 14.8 Å². The number of nitrogens with zero attached hydrogens (tertiary/aromatic N) is 1. The Hall–Kier alpha value is -0.170. The standard InChI is InChI=1S/C15H31NO4S/c1-6-20-14(15(2,3)4)13(17)10-12-8-7-9-16(11-12)21(5,18)19/h12-14,17H,6-11H2,1-5H3. The molecule has 21 heavy (non-hydrogen) atoms. The molecule has 6 heteroatoms. The molecule has 1 aliphatic rings. The second kappa shape index (κ2) is 7.40. The average molecular weight is 321 g/mol. The summed E-state index contributed by atoms with van der Waals surface area (Å²) in [5.41, 5.74) is -0.138. The number of ether oxygens (including phenoxy) is 1. The normalized spacial score (nSPS) is 24.8. The monoisotopic (exact) mass is 321 g/mol. The van der Waals surface area contributed by atoms with Crippen molar-refractivity contribution in [1.82, 2.24) is 4.31 Å². The van der Waals surface area contributed by atoms with Gasteiger partial charge >= 0.3 is 0 Å². The van der Waals surface area contributed by atoms with E-state index in [-0.39, 0.29) is 17.4 Å². The molecule has 3 atom stereocenters. The van der Waals surface area contributed by atoms with Crippen LogP contribution >= 0.6 is 0 Å². The van der Waals surface area contributed by atoms with Crippen LogP contribution in [-0.4, -0.2) is 56.0 Å². The van der Waals surface area contributed by atoms with Crippen LogP contribution in [0.3, 0.4) is 0 Å². The molecule has 1 rings (SSSR count). The maximum Gasteiger partial charge on any atom is 0.211 e. The molecule has 1 fully saturated rings. The van der Waals surface area contributed by atoms with E-state index in [0.29, 0.717) is 26.1 Å². The Kier molecular flexibility index (Phi) is 6.65. The maximum atomic E-state index is 11.7. The van der Waals surface area contributed by atoms with Gasteiger partial charge in [0.1, 0.15) is 0 Å². The average Bonchev–Trinajstić information content (AvgIpc) is 2.33. The van der Waals surface area contributed by atoms with E-state index in [1.54, 1.807) is 0 Å². The van der Waals surface area contributed by atoms with E-state index in [1.807, 2.05) is 6.92 Å². The molecule has 0 bridgehead atoms. The number of piperidine rings is 1. The van der Waals surface area contributed by atoms with Crippen LogP contribution in [0.2, 0.25) is 0 Å². The number of hydrogen-bond donors (Lipinski definition) is 1. The summed E-state index contributed by atoms with van der Waals surface area (Å²) in [6.45, 7) is 9.77. The zero-order valence-corrected chi connectivity index (χ0v) is 14.8. The van der Waals surface area contributed by atoms with E-state index in [2.05, 4.69) is 20.8 Å². The topological polar surface area (TPSA) is 66.8 Å². The molecule has 0 radical (unpaired) electrons. The van der Waals surface area contributed by atoms with Crippen LogP contribution in [0.1, 0.15) is 47.0 Å². The van der Waals surface area contributed by atoms with Crippen LogP contribution in [0.4, 0.5) is 0 Å². The third kappa shape index (κ3) is 5.85. The predicted molar refractivity (Wildman–Crippen MR) is 84.6 cm³/mol. The summed E-state index contributed by atoms with van der Waals surface area (Å²) in [5.74, 6) is 0.203. The zero-order chi connectivity index (χ0) is 16.3. The lowest BCUT2D eigenvalue weighted by atomic mass is 9.81. The first kappa shape index (κ1) is 18.9. The molecule has 1 aliphatic heterocycles. The molecule has 126 valence electrons. The van der Waals surface area contributed by atoms with Gasteiger partial charge in [-0.1, -0.05) is 20.8 Å². The van der Waals surface area contributed by atoms with E-state index in [4.69, 9.17) is 4.74 Å². The van der Waals surface area contributed by atoms with Gasteiger partial charge in [-0.2, -0.15) is 0 Å². The van der Waals surface area contributed by atoms with Gasteiger partial charge in [0.05, 0.1) is 18.5 Å². The summed E-state index contributed by atoms with van der Waals surface area (Å²) in [7, 11) is -3.13. The molecule has 5 nitrogen and oxygen atoms in total. The second-order valence-electron chi connectivity index (χ2n) is 7.17. The lowest BCUT2D eigenvalue weighted by Gasteiger charge is -2.37. The number of aliphatic hydroxyl groups excluding tert-OH is 1. The molecule has 0 spiro atoms. The molecule has 0 amide bonds. The Labute approximate surface area is 129 Å². The molecule has 3 unspecified atom stereocenters. The van der Waals surface area contributed by atoms with Gasteiger partial charge in [0.2, 0.25) is 10.0 Å². The lowest BCUT2D eigenvalue weighted by Crippen LogP contribution is -2.44. The fourth-order valence-electron chi connectivity index (χ4n) is 3.10. The second-order valence-corrected chi connectivity index (χ2v) is 9.16. The predicted octanol–water partition coefficient (Wildman–Crippen LogP) is 1.86. The van der Waals surface area contributed by atoms with Crippen molar-refractivity contribution in [2.24, 2.45) is 11.3 Å². The van der Waals surface area contributed by atoms with Crippen LogP contribution in [0.5, 0.6) is 0 Å². The van der Waals surface area contributed by atoms with Gasteiger partial charge < -0.3 is 9.84 Å². The molecular formula is C15H31NO4S. The van der Waals surface area contributed by atoms with Gasteiger partial charge in [-0.05, 0) is 37.5 Å². The fraction of sp³-hybridized carbons (Fsp3) is 1.00. The van der Waals surface area contributed by atoms with E-state index in [0.717, 1.165) is 12.8 Å². The van der Waals surface area contributed by atoms with Crippen molar-refractivity contribution in [2.45, 2.75) is 59.2 Å². The van der Waals surface area contributed by atoms with E-state index in [9.17, 15) is 13.5 Å². The minimum absolute atomic E-state index is 0.138. The Morgan fingerprint density at radius 3 is 2.48 bits per heavy atom. The highest BCUT2D eigenvalue weighted by atomic mass is 32.2. The molecular weight excluding hydrogens is 290 g/mol. The SMILES string of the molecule is CCOC(C(O)CC1CCCN(S(C)(=O)=O)C1)C(C)(C)C. The summed E-state index contributed by atoms with van der Waals surface area (Å²) in [4.78, 5) is 0. The lowest BCUT2D eigenvalue weighted by molar-refractivity contribution is -0.0960. The Balaban J connectivity index is 2.66. The minimum atomic E-state index is -3.13. The van der Waals surface area contributed by atoms with Crippen molar-refractivity contribution in [3.63, 3.8) is 0 Å². The van der Waals surface area contributed by atoms with Gasteiger partial charge in [-0.15, -0.1) is 0 Å². The van der Waals surface area contributed by atoms with Crippen LogP contribution < -0.4 is 0 Å². The highest BCUT2D eigenvalue weighted by molar-refractivity contribution is 7.88. The quantitative estimate of drug-likeness (QED) is 0.811. The third-order valence-corrected chi connectivity index (χ3v) is 5.34. The van der Waals surface area contributed by atoms with Gasteiger partial charge in [0, 0.05) is 19.7 Å². The molecule has 0 saturated carbocycles. The van der Waals surface area contributed by atoms with Gasteiger partial charge in [-0.25, -0.2) is 12.7 Å². The summed E-state index contributed by atoms with van der Waals surface area (Å²) in [5, 5.41) is 10.5. The van der Waals surface area contributed by atoms with Crippen molar-refractivity contribution in [3.8, 4) is 0 Å². The summed E-state index contributed by atoms with van der Waals surface area (Å²) >= 11 is 0. The van der Waals surface area contributed by atoms with E-state index in [1.165, 1.54) is 10.6 Å².